The molecule has 8 heteroatoms. The summed E-state index contributed by atoms with van der Waals surface area (Å²) in [6.07, 6.45) is 0. The van der Waals surface area contributed by atoms with E-state index in [2.05, 4.69) is 25.6 Å². The number of aryl methyl sites for hydroxylation is 1. The van der Waals surface area contributed by atoms with Crippen molar-refractivity contribution in [2.75, 3.05) is 4.72 Å². The summed E-state index contributed by atoms with van der Waals surface area (Å²) < 4.78 is 27.3. The smallest absolute Gasteiger partial charge is 0.255 e. The van der Waals surface area contributed by atoms with Crippen molar-refractivity contribution in [3.8, 4) is 0 Å². The Balaban J connectivity index is 2.36. The molecule has 0 radical (unpaired) electrons. The van der Waals surface area contributed by atoms with Crippen LogP contribution in [-0.2, 0) is 10.0 Å². The molecule has 18 heavy (non-hydrogen) atoms. The van der Waals surface area contributed by atoms with E-state index in [-0.39, 0.29) is 9.92 Å². The predicted molar refractivity (Wildman–Crippen MR) is 76.8 cm³/mol. The number of thiazole rings is 1. The minimum absolute atomic E-state index is 0.0280. The quantitative estimate of drug-likeness (QED) is 0.900. The summed E-state index contributed by atoms with van der Waals surface area (Å²) in [7, 11) is -3.70. The molecule has 0 spiro atoms. The van der Waals surface area contributed by atoms with E-state index in [0.717, 1.165) is 10.2 Å². The number of nitrogens with one attached hydrogen (secondary N) is 1. The Morgan fingerprint density at radius 3 is 2.72 bits per heavy atom. The van der Waals surface area contributed by atoms with Gasteiger partial charge in [0.25, 0.3) is 10.0 Å². The van der Waals surface area contributed by atoms with Crippen LogP contribution in [0.15, 0.2) is 32.9 Å². The maximum atomic E-state index is 12.1. The Hall–Kier alpha value is -0.630. The van der Waals surface area contributed by atoms with Gasteiger partial charge in [0.1, 0.15) is 4.90 Å². The summed E-state index contributed by atoms with van der Waals surface area (Å²) in [5.41, 5.74) is 0.764. The van der Waals surface area contributed by atoms with Crippen LogP contribution in [0.1, 0.15) is 5.69 Å². The summed E-state index contributed by atoms with van der Waals surface area (Å²) in [5, 5.41) is 2.25. The third kappa shape index (κ3) is 3.03. The molecule has 96 valence electrons. The second-order valence-electron chi connectivity index (χ2n) is 3.47. The first-order valence-corrected chi connectivity index (χ1v) is 8.32. The summed E-state index contributed by atoms with van der Waals surface area (Å²) in [5.74, 6) is 0. The topological polar surface area (TPSA) is 59.1 Å². The lowest BCUT2D eigenvalue weighted by molar-refractivity contribution is 0.601. The third-order valence-corrected chi connectivity index (χ3v) is 5.34. The average molecular weight is 368 g/mol. The van der Waals surface area contributed by atoms with Gasteiger partial charge in [0.05, 0.1) is 10.7 Å². The number of hydrogen-bond acceptors (Lipinski definition) is 4. The van der Waals surface area contributed by atoms with Crippen molar-refractivity contribution in [2.45, 2.75) is 11.8 Å². The molecule has 2 rings (SSSR count). The molecular formula is C10H8BrClN2O2S2. The van der Waals surface area contributed by atoms with Gasteiger partial charge < -0.3 is 0 Å². The van der Waals surface area contributed by atoms with Crippen molar-refractivity contribution in [2.24, 2.45) is 0 Å². The second-order valence-corrected chi connectivity index (χ2v) is 7.31. The van der Waals surface area contributed by atoms with E-state index in [0.29, 0.717) is 5.13 Å². The van der Waals surface area contributed by atoms with Crippen molar-refractivity contribution < 1.29 is 8.42 Å². The van der Waals surface area contributed by atoms with Gasteiger partial charge >= 0.3 is 0 Å². The van der Waals surface area contributed by atoms with Gasteiger partial charge in [-0.2, -0.15) is 0 Å². The van der Waals surface area contributed by atoms with Gasteiger partial charge in [0.2, 0.25) is 0 Å². The van der Waals surface area contributed by atoms with Gasteiger partial charge in [-0.25, -0.2) is 13.4 Å². The maximum absolute atomic E-state index is 12.1. The molecule has 0 bridgehead atoms. The van der Waals surface area contributed by atoms with Crippen LogP contribution in [-0.4, -0.2) is 13.4 Å². The molecule has 1 N–H and O–H groups in total. The van der Waals surface area contributed by atoms with Gasteiger partial charge in [-0.3, -0.25) is 4.72 Å². The summed E-state index contributed by atoms with van der Waals surface area (Å²) in [6.45, 7) is 1.79. The monoisotopic (exact) mass is 366 g/mol. The van der Waals surface area contributed by atoms with Crippen LogP contribution in [0, 0.1) is 6.92 Å². The highest BCUT2D eigenvalue weighted by Gasteiger charge is 2.19. The zero-order chi connectivity index (χ0) is 13.3. The maximum Gasteiger partial charge on any atom is 0.265 e. The van der Waals surface area contributed by atoms with Crippen LogP contribution < -0.4 is 4.72 Å². The number of benzene rings is 1. The molecule has 0 atom stereocenters. The van der Waals surface area contributed by atoms with E-state index < -0.39 is 10.0 Å². The van der Waals surface area contributed by atoms with E-state index in [4.69, 9.17) is 11.6 Å². The first kappa shape index (κ1) is 13.8. The molecule has 2 aromatic rings. The first-order chi connectivity index (χ1) is 8.38. The van der Waals surface area contributed by atoms with Crippen molar-refractivity contribution >= 4 is 54.0 Å². The highest BCUT2D eigenvalue weighted by atomic mass is 79.9. The van der Waals surface area contributed by atoms with Gasteiger partial charge in [-0.05, 0) is 25.1 Å². The van der Waals surface area contributed by atoms with Gasteiger partial charge in [0, 0.05) is 9.85 Å². The number of halogens is 2. The summed E-state index contributed by atoms with van der Waals surface area (Å²) in [6, 6.07) is 4.59. The minimum Gasteiger partial charge on any atom is -0.255 e. The average Bonchev–Trinajstić information content (AvgIpc) is 2.62. The zero-order valence-corrected chi connectivity index (χ0v) is 13.1. The fourth-order valence-corrected chi connectivity index (χ4v) is 4.24. The molecule has 1 heterocycles. The Bertz CT molecular complexity index is 685. The molecule has 0 aliphatic heterocycles. The largest absolute Gasteiger partial charge is 0.265 e. The zero-order valence-electron chi connectivity index (χ0n) is 9.15. The first-order valence-electron chi connectivity index (χ1n) is 4.78. The molecule has 0 aliphatic rings. The molecule has 1 aromatic heterocycles. The van der Waals surface area contributed by atoms with E-state index in [1.165, 1.54) is 23.5 Å². The second kappa shape index (κ2) is 5.16. The SMILES string of the molecule is Cc1csc(NS(=O)(=O)c2ccc(Br)cc2Cl)n1. The Kier molecular flexibility index (Phi) is 3.96. The van der Waals surface area contributed by atoms with E-state index in [9.17, 15) is 8.42 Å². The van der Waals surface area contributed by atoms with Crippen LogP contribution in [0.25, 0.3) is 0 Å². The number of anilines is 1. The van der Waals surface area contributed by atoms with Crippen LogP contribution >= 0.6 is 38.9 Å². The Morgan fingerprint density at radius 2 is 2.17 bits per heavy atom. The van der Waals surface area contributed by atoms with Gasteiger partial charge in [-0.1, -0.05) is 27.5 Å². The number of sulfonamides is 1. The molecule has 0 saturated carbocycles. The molecule has 0 amide bonds. The molecule has 4 nitrogen and oxygen atoms in total. The normalized spacial score (nSPS) is 11.5. The Morgan fingerprint density at radius 1 is 1.44 bits per heavy atom. The molecule has 0 aliphatic carbocycles. The van der Waals surface area contributed by atoms with Crippen molar-refractivity contribution in [3.05, 3.63) is 38.8 Å². The fraction of sp³-hybridized carbons (Fsp3) is 0.100. The highest BCUT2D eigenvalue weighted by Crippen LogP contribution is 2.27. The van der Waals surface area contributed by atoms with Gasteiger partial charge in [-0.15, -0.1) is 11.3 Å². The standard InChI is InChI=1S/C10H8BrClN2O2S2/c1-6-5-17-10(13-6)14-18(15,16)9-3-2-7(11)4-8(9)12/h2-5H,1H3,(H,13,14). The molecule has 1 aromatic carbocycles. The third-order valence-electron chi connectivity index (χ3n) is 2.02. The fourth-order valence-electron chi connectivity index (χ4n) is 1.26. The number of rotatable bonds is 3. The van der Waals surface area contributed by atoms with Crippen LogP contribution in [0.5, 0.6) is 0 Å². The lowest BCUT2D eigenvalue weighted by atomic mass is 10.4. The Labute approximate surface area is 122 Å². The van der Waals surface area contributed by atoms with E-state index in [1.807, 2.05) is 0 Å². The van der Waals surface area contributed by atoms with Crippen LogP contribution in [0.3, 0.4) is 0 Å². The molecule has 0 unspecified atom stereocenters. The summed E-state index contributed by atoms with van der Waals surface area (Å²) >= 11 is 10.4. The molecule has 0 fully saturated rings. The lowest BCUT2D eigenvalue weighted by Gasteiger charge is -2.07. The molecule has 0 saturated heterocycles. The summed E-state index contributed by atoms with van der Waals surface area (Å²) in [4.78, 5) is 4.07. The van der Waals surface area contributed by atoms with Crippen LogP contribution in [0.2, 0.25) is 5.02 Å². The van der Waals surface area contributed by atoms with E-state index in [1.54, 1.807) is 18.4 Å². The lowest BCUT2D eigenvalue weighted by Crippen LogP contribution is -2.13. The van der Waals surface area contributed by atoms with Crippen molar-refractivity contribution in [1.29, 1.82) is 0 Å². The van der Waals surface area contributed by atoms with E-state index >= 15 is 0 Å². The van der Waals surface area contributed by atoms with Crippen molar-refractivity contribution in [1.82, 2.24) is 4.98 Å². The highest BCUT2D eigenvalue weighted by molar-refractivity contribution is 9.10. The van der Waals surface area contributed by atoms with Gasteiger partial charge in [0.15, 0.2) is 5.13 Å². The van der Waals surface area contributed by atoms with Crippen LogP contribution in [0.4, 0.5) is 5.13 Å². The minimum atomic E-state index is -3.70. The number of aromatic nitrogens is 1. The van der Waals surface area contributed by atoms with Crippen molar-refractivity contribution in [3.63, 3.8) is 0 Å². The predicted octanol–water partition coefficient (Wildman–Crippen LogP) is 3.67. The number of nitrogens with zero attached hydrogens (tertiary/aromatic N) is 1. The number of hydrogen-bond donors (Lipinski definition) is 1. The molecular weight excluding hydrogens is 360 g/mol.